The Labute approximate surface area is 132 Å². The number of rotatable bonds is 8. The highest BCUT2D eigenvalue weighted by molar-refractivity contribution is 6.06. The van der Waals surface area contributed by atoms with Crippen LogP contribution >= 0.6 is 0 Å². The summed E-state index contributed by atoms with van der Waals surface area (Å²) in [7, 11) is 0. The van der Waals surface area contributed by atoms with Gasteiger partial charge in [0.2, 0.25) is 0 Å². The lowest BCUT2D eigenvalue weighted by molar-refractivity contribution is -0.168. The number of hydrogen-bond acceptors (Lipinski definition) is 4. The maximum Gasteiger partial charge on any atom is 0.328 e. The minimum absolute atomic E-state index is 0.274. The molecule has 0 radical (unpaired) electrons. The molecular weight excluding hydrogens is 280 g/mol. The molecule has 0 aliphatic rings. The molecule has 0 heterocycles. The number of hydrogen-bond donors (Lipinski definition) is 0. The van der Waals surface area contributed by atoms with Crippen LogP contribution in [0.25, 0.3) is 0 Å². The topological polar surface area (TPSA) is 52.6 Å². The highest BCUT2D eigenvalue weighted by atomic mass is 16.6. The molecule has 122 valence electrons. The summed E-state index contributed by atoms with van der Waals surface area (Å²) in [6.45, 7) is 8.10. The molecule has 1 aromatic carbocycles. The fourth-order valence-corrected chi connectivity index (χ4v) is 2.44. The Bertz CT molecular complexity index is 459. The van der Waals surface area contributed by atoms with Gasteiger partial charge < -0.3 is 9.47 Å². The first-order valence-corrected chi connectivity index (χ1v) is 7.91. The van der Waals surface area contributed by atoms with Crippen molar-refractivity contribution in [3.8, 4) is 0 Å². The van der Waals surface area contributed by atoms with E-state index in [1.54, 1.807) is 12.1 Å². The normalized spacial score (nSPS) is 11.3. The van der Waals surface area contributed by atoms with E-state index in [9.17, 15) is 9.59 Å². The second-order valence-corrected chi connectivity index (χ2v) is 5.60. The molecule has 4 heteroatoms. The van der Waals surface area contributed by atoms with Crippen LogP contribution < -0.4 is 0 Å². The predicted octanol–water partition coefficient (Wildman–Crippen LogP) is 3.49. The molecule has 4 nitrogen and oxygen atoms in total. The Hall–Kier alpha value is -1.84. The zero-order valence-corrected chi connectivity index (χ0v) is 13.9. The third kappa shape index (κ3) is 3.67. The van der Waals surface area contributed by atoms with E-state index >= 15 is 0 Å². The van der Waals surface area contributed by atoms with Crippen molar-refractivity contribution in [3.63, 3.8) is 0 Å². The van der Waals surface area contributed by atoms with E-state index in [2.05, 4.69) is 0 Å². The average Bonchev–Trinajstić information content (AvgIpc) is 2.52. The van der Waals surface area contributed by atoms with E-state index in [-0.39, 0.29) is 5.92 Å². The first-order chi connectivity index (χ1) is 10.5. The van der Waals surface area contributed by atoms with E-state index in [1.807, 2.05) is 45.9 Å². The van der Waals surface area contributed by atoms with Gasteiger partial charge in [0, 0.05) is 0 Å². The molecule has 0 saturated carbocycles. The molecule has 1 aromatic rings. The summed E-state index contributed by atoms with van der Waals surface area (Å²) in [5.74, 6) is -1.34. The summed E-state index contributed by atoms with van der Waals surface area (Å²) in [4.78, 5) is 25.5. The summed E-state index contributed by atoms with van der Waals surface area (Å²) in [5, 5.41) is 0. The number of ether oxygens (including phenoxy) is 2. The van der Waals surface area contributed by atoms with Gasteiger partial charge in [-0.1, -0.05) is 58.0 Å². The van der Waals surface area contributed by atoms with Gasteiger partial charge in [0.05, 0.1) is 13.2 Å². The summed E-state index contributed by atoms with van der Waals surface area (Å²) in [6.07, 6.45) is 1.41. The second-order valence-electron chi connectivity index (χ2n) is 5.60. The van der Waals surface area contributed by atoms with Crippen LogP contribution in [0.15, 0.2) is 30.3 Å². The molecular formula is C18H26O4. The smallest absolute Gasteiger partial charge is 0.328 e. The van der Waals surface area contributed by atoms with E-state index in [0.717, 1.165) is 0 Å². The summed E-state index contributed by atoms with van der Waals surface area (Å²) in [5.41, 5.74) is -0.793. The fourth-order valence-electron chi connectivity index (χ4n) is 2.44. The summed E-state index contributed by atoms with van der Waals surface area (Å²) in [6, 6.07) is 9.03. The third-order valence-electron chi connectivity index (χ3n) is 3.61. The number of esters is 2. The van der Waals surface area contributed by atoms with Crippen molar-refractivity contribution in [2.24, 2.45) is 5.92 Å². The van der Waals surface area contributed by atoms with Gasteiger partial charge in [-0.15, -0.1) is 0 Å². The van der Waals surface area contributed by atoms with Crippen molar-refractivity contribution in [3.05, 3.63) is 35.9 Å². The van der Waals surface area contributed by atoms with Crippen molar-refractivity contribution >= 4 is 11.9 Å². The number of carbonyl (C=O) groups excluding carboxylic acids is 2. The van der Waals surface area contributed by atoms with E-state index in [1.165, 1.54) is 0 Å². The molecule has 0 bridgehead atoms. The molecule has 0 unspecified atom stereocenters. The monoisotopic (exact) mass is 306 g/mol. The van der Waals surface area contributed by atoms with Crippen molar-refractivity contribution in [1.29, 1.82) is 0 Å². The SMILES string of the molecule is CCCOC(=O)C(C(=O)OCCC)(c1ccccc1)C(C)C. The maximum atomic E-state index is 12.7. The van der Waals surface area contributed by atoms with Crippen LogP contribution in [-0.2, 0) is 24.5 Å². The van der Waals surface area contributed by atoms with Crippen LogP contribution in [0.2, 0.25) is 0 Å². The highest BCUT2D eigenvalue weighted by Gasteiger charge is 2.53. The van der Waals surface area contributed by atoms with Crippen molar-refractivity contribution in [2.45, 2.75) is 46.0 Å². The highest BCUT2D eigenvalue weighted by Crippen LogP contribution is 2.35. The van der Waals surface area contributed by atoms with Crippen LogP contribution in [0.1, 0.15) is 46.1 Å². The Balaban J connectivity index is 3.32. The lowest BCUT2D eigenvalue weighted by Crippen LogP contribution is -2.50. The molecule has 0 aromatic heterocycles. The largest absolute Gasteiger partial charge is 0.465 e. The minimum atomic E-state index is -1.41. The lowest BCUT2D eigenvalue weighted by atomic mass is 9.71. The van der Waals surface area contributed by atoms with Gasteiger partial charge in [-0.2, -0.15) is 0 Å². The van der Waals surface area contributed by atoms with Crippen LogP contribution in [0.4, 0.5) is 0 Å². The first kappa shape index (κ1) is 18.2. The van der Waals surface area contributed by atoms with Crippen LogP contribution in [0, 0.1) is 5.92 Å². The molecule has 0 amide bonds. The molecule has 0 aliphatic heterocycles. The molecule has 0 N–H and O–H groups in total. The summed E-state index contributed by atoms with van der Waals surface area (Å²) >= 11 is 0. The van der Waals surface area contributed by atoms with Crippen LogP contribution in [-0.4, -0.2) is 25.2 Å². The van der Waals surface area contributed by atoms with Crippen molar-refractivity contribution in [2.75, 3.05) is 13.2 Å². The molecule has 0 fully saturated rings. The Morgan fingerprint density at radius 2 is 1.41 bits per heavy atom. The Morgan fingerprint density at radius 1 is 0.955 bits per heavy atom. The van der Waals surface area contributed by atoms with Crippen molar-refractivity contribution in [1.82, 2.24) is 0 Å². The maximum absolute atomic E-state index is 12.7. The molecule has 0 atom stereocenters. The van der Waals surface area contributed by atoms with Crippen LogP contribution in [0.5, 0.6) is 0 Å². The molecule has 1 rings (SSSR count). The standard InChI is InChI=1S/C18H26O4/c1-5-12-21-16(19)18(14(3)4,17(20)22-13-6-2)15-10-8-7-9-11-15/h7-11,14H,5-6,12-13H2,1-4H3. The average molecular weight is 306 g/mol. The van der Waals surface area contributed by atoms with E-state index < -0.39 is 17.4 Å². The van der Waals surface area contributed by atoms with Gasteiger partial charge in [-0.05, 0) is 24.3 Å². The lowest BCUT2D eigenvalue weighted by Gasteiger charge is -2.33. The fraction of sp³-hybridized carbons (Fsp3) is 0.556. The minimum Gasteiger partial charge on any atom is -0.465 e. The van der Waals surface area contributed by atoms with Gasteiger partial charge in [0.1, 0.15) is 0 Å². The van der Waals surface area contributed by atoms with Crippen molar-refractivity contribution < 1.29 is 19.1 Å². The van der Waals surface area contributed by atoms with Gasteiger partial charge in [-0.3, -0.25) is 9.59 Å². The molecule has 0 saturated heterocycles. The Morgan fingerprint density at radius 3 is 1.77 bits per heavy atom. The molecule has 0 aliphatic carbocycles. The summed E-state index contributed by atoms with van der Waals surface area (Å²) < 4.78 is 10.7. The quantitative estimate of drug-likeness (QED) is 0.545. The molecule has 22 heavy (non-hydrogen) atoms. The van der Waals surface area contributed by atoms with Gasteiger partial charge in [0.25, 0.3) is 0 Å². The van der Waals surface area contributed by atoms with E-state index in [0.29, 0.717) is 31.6 Å². The van der Waals surface area contributed by atoms with Gasteiger partial charge in [0.15, 0.2) is 5.41 Å². The van der Waals surface area contributed by atoms with Gasteiger partial charge in [-0.25, -0.2) is 0 Å². The predicted molar refractivity (Wildman–Crippen MR) is 85.5 cm³/mol. The molecule has 0 spiro atoms. The second kappa shape index (κ2) is 8.57. The first-order valence-electron chi connectivity index (χ1n) is 7.91. The van der Waals surface area contributed by atoms with Gasteiger partial charge >= 0.3 is 11.9 Å². The number of benzene rings is 1. The third-order valence-corrected chi connectivity index (χ3v) is 3.61. The zero-order chi connectivity index (χ0) is 16.6. The number of carbonyl (C=O) groups is 2. The van der Waals surface area contributed by atoms with Crippen LogP contribution in [0.3, 0.4) is 0 Å². The van der Waals surface area contributed by atoms with E-state index in [4.69, 9.17) is 9.47 Å². The Kier molecular flexibility index (Phi) is 7.09. The zero-order valence-electron chi connectivity index (χ0n) is 13.9.